The summed E-state index contributed by atoms with van der Waals surface area (Å²) < 4.78 is 1.76. The lowest BCUT2D eigenvalue weighted by molar-refractivity contribution is 0.103. The zero-order valence-corrected chi connectivity index (χ0v) is 10.5. The van der Waals surface area contributed by atoms with Gasteiger partial charge in [-0.15, -0.1) is 0 Å². The van der Waals surface area contributed by atoms with Gasteiger partial charge in [0.05, 0.1) is 12.5 Å². The van der Waals surface area contributed by atoms with Crippen molar-refractivity contribution in [1.29, 1.82) is 0 Å². The molecule has 1 aliphatic rings. The Morgan fingerprint density at radius 1 is 1.39 bits per heavy atom. The first kappa shape index (κ1) is 11.2. The highest BCUT2D eigenvalue weighted by Gasteiger charge is 2.21. The summed E-state index contributed by atoms with van der Waals surface area (Å²) in [5, 5.41) is 0. The molecule has 3 heteroatoms. The number of hydrogen-bond donors (Lipinski definition) is 0. The molecule has 0 bridgehead atoms. The largest absolute Gasteiger partial charge is 0.331 e. The summed E-state index contributed by atoms with van der Waals surface area (Å²) >= 11 is 0. The average Bonchev–Trinajstić information content (AvgIpc) is 2.73. The maximum Gasteiger partial charge on any atom is 0.211 e. The molecule has 0 atom stereocenters. The molecule has 0 radical (unpaired) electrons. The van der Waals surface area contributed by atoms with Crippen molar-refractivity contribution in [2.24, 2.45) is 7.05 Å². The molecule has 1 aromatic carbocycles. The van der Waals surface area contributed by atoms with E-state index in [4.69, 9.17) is 0 Å². The smallest absolute Gasteiger partial charge is 0.211 e. The van der Waals surface area contributed by atoms with E-state index in [0.717, 1.165) is 5.56 Å². The Balaban J connectivity index is 1.92. The van der Waals surface area contributed by atoms with Crippen molar-refractivity contribution in [3.63, 3.8) is 0 Å². The van der Waals surface area contributed by atoms with Crippen LogP contribution in [0.4, 0.5) is 0 Å². The van der Waals surface area contributed by atoms with E-state index in [9.17, 15) is 4.79 Å². The highest BCUT2D eigenvalue weighted by atomic mass is 16.1. The number of imidazole rings is 1. The maximum atomic E-state index is 12.3. The maximum absolute atomic E-state index is 12.3. The molecule has 1 aliphatic carbocycles. The SMILES string of the molecule is Cn1cncc1C(=O)c1cccc(C2CCC2)c1. The van der Waals surface area contributed by atoms with Gasteiger partial charge in [0.25, 0.3) is 0 Å². The molecule has 92 valence electrons. The van der Waals surface area contributed by atoms with Gasteiger partial charge in [0.2, 0.25) is 5.78 Å². The summed E-state index contributed by atoms with van der Waals surface area (Å²) in [6.45, 7) is 0. The molecule has 0 N–H and O–H groups in total. The van der Waals surface area contributed by atoms with Crippen molar-refractivity contribution >= 4 is 5.78 Å². The standard InChI is InChI=1S/C15H16N2O/c1-17-10-16-9-14(17)15(18)13-7-3-6-12(8-13)11-4-2-5-11/h3,6-11H,2,4-5H2,1H3. The van der Waals surface area contributed by atoms with Crippen LogP contribution in [-0.2, 0) is 7.05 Å². The lowest BCUT2D eigenvalue weighted by atomic mass is 9.79. The molecule has 0 saturated heterocycles. The van der Waals surface area contributed by atoms with Crippen molar-refractivity contribution in [1.82, 2.24) is 9.55 Å². The first-order valence-corrected chi connectivity index (χ1v) is 6.36. The predicted molar refractivity (Wildman–Crippen MR) is 69.7 cm³/mol. The van der Waals surface area contributed by atoms with Gasteiger partial charge in [-0.2, -0.15) is 0 Å². The Hall–Kier alpha value is -1.90. The van der Waals surface area contributed by atoms with Crippen LogP contribution in [0.2, 0.25) is 0 Å². The van der Waals surface area contributed by atoms with E-state index < -0.39 is 0 Å². The second kappa shape index (κ2) is 4.41. The van der Waals surface area contributed by atoms with Gasteiger partial charge in [-0.3, -0.25) is 4.79 Å². The number of aromatic nitrogens is 2. The molecular formula is C15H16N2O. The average molecular weight is 240 g/mol. The number of ketones is 1. The highest BCUT2D eigenvalue weighted by Crippen LogP contribution is 2.36. The van der Waals surface area contributed by atoms with Gasteiger partial charge >= 0.3 is 0 Å². The normalized spacial score (nSPS) is 15.4. The number of carbonyl (C=O) groups excluding carboxylic acids is 1. The number of carbonyl (C=O) groups is 1. The number of aryl methyl sites for hydroxylation is 1. The minimum absolute atomic E-state index is 0.0520. The monoisotopic (exact) mass is 240 g/mol. The van der Waals surface area contributed by atoms with E-state index in [2.05, 4.69) is 11.1 Å². The van der Waals surface area contributed by atoms with Gasteiger partial charge in [0, 0.05) is 12.6 Å². The van der Waals surface area contributed by atoms with Crippen LogP contribution in [-0.4, -0.2) is 15.3 Å². The number of hydrogen-bond acceptors (Lipinski definition) is 2. The van der Waals surface area contributed by atoms with Crippen molar-refractivity contribution in [2.45, 2.75) is 25.2 Å². The molecule has 2 aromatic rings. The fourth-order valence-electron chi connectivity index (χ4n) is 2.40. The molecule has 3 nitrogen and oxygen atoms in total. The van der Waals surface area contributed by atoms with Crippen molar-refractivity contribution in [3.8, 4) is 0 Å². The molecule has 3 rings (SSSR count). The van der Waals surface area contributed by atoms with E-state index in [-0.39, 0.29) is 5.78 Å². The first-order chi connectivity index (χ1) is 8.75. The van der Waals surface area contributed by atoms with E-state index in [0.29, 0.717) is 11.6 Å². The van der Waals surface area contributed by atoms with Crippen LogP contribution in [0.15, 0.2) is 36.8 Å². The van der Waals surface area contributed by atoms with E-state index in [1.54, 1.807) is 17.1 Å². The Kier molecular flexibility index (Phi) is 2.74. The molecule has 1 heterocycles. The molecule has 0 aliphatic heterocycles. The van der Waals surface area contributed by atoms with Crippen LogP contribution in [0.5, 0.6) is 0 Å². The minimum atomic E-state index is 0.0520. The van der Waals surface area contributed by atoms with Crippen molar-refractivity contribution in [2.75, 3.05) is 0 Å². The molecule has 18 heavy (non-hydrogen) atoms. The van der Waals surface area contributed by atoms with Crippen LogP contribution < -0.4 is 0 Å². The third-order valence-electron chi connectivity index (χ3n) is 3.77. The van der Waals surface area contributed by atoms with Crippen molar-refractivity contribution in [3.05, 3.63) is 53.6 Å². The fraction of sp³-hybridized carbons (Fsp3) is 0.333. The highest BCUT2D eigenvalue weighted by molar-refractivity contribution is 6.07. The Bertz CT molecular complexity index is 582. The number of rotatable bonds is 3. The Morgan fingerprint density at radius 2 is 2.22 bits per heavy atom. The van der Waals surface area contributed by atoms with Crippen molar-refractivity contribution < 1.29 is 4.79 Å². The van der Waals surface area contributed by atoms with E-state index >= 15 is 0 Å². The van der Waals surface area contributed by atoms with E-state index in [1.807, 2.05) is 25.2 Å². The first-order valence-electron chi connectivity index (χ1n) is 6.36. The zero-order chi connectivity index (χ0) is 12.5. The molecule has 1 aromatic heterocycles. The quantitative estimate of drug-likeness (QED) is 0.773. The van der Waals surface area contributed by atoms with Gasteiger partial charge in [0.1, 0.15) is 5.69 Å². The second-order valence-electron chi connectivity index (χ2n) is 4.97. The lowest BCUT2D eigenvalue weighted by Gasteiger charge is -2.26. The molecule has 0 unspecified atom stereocenters. The van der Waals surface area contributed by atoms with Gasteiger partial charge < -0.3 is 4.57 Å². The van der Waals surface area contributed by atoms with Gasteiger partial charge in [-0.25, -0.2) is 4.98 Å². The molecular weight excluding hydrogens is 224 g/mol. The molecule has 1 fully saturated rings. The van der Waals surface area contributed by atoms with Crippen LogP contribution in [0.25, 0.3) is 0 Å². The Labute approximate surface area is 106 Å². The van der Waals surface area contributed by atoms with Crippen LogP contribution in [0, 0.1) is 0 Å². The summed E-state index contributed by atoms with van der Waals surface area (Å²) in [4.78, 5) is 16.3. The number of nitrogens with zero attached hydrogens (tertiary/aromatic N) is 2. The third kappa shape index (κ3) is 1.86. The summed E-state index contributed by atoms with van der Waals surface area (Å²) in [7, 11) is 1.84. The summed E-state index contributed by atoms with van der Waals surface area (Å²) in [5.74, 6) is 0.709. The number of benzene rings is 1. The van der Waals surface area contributed by atoms with Gasteiger partial charge in [-0.1, -0.05) is 24.6 Å². The lowest BCUT2D eigenvalue weighted by Crippen LogP contribution is -2.11. The van der Waals surface area contributed by atoms with Gasteiger partial charge in [-0.05, 0) is 30.4 Å². The third-order valence-corrected chi connectivity index (χ3v) is 3.77. The summed E-state index contributed by atoms with van der Waals surface area (Å²) in [6.07, 6.45) is 7.10. The van der Waals surface area contributed by atoms with Crippen LogP contribution >= 0.6 is 0 Å². The summed E-state index contributed by atoms with van der Waals surface area (Å²) in [6, 6.07) is 8.04. The molecule has 0 amide bonds. The topological polar surface area (TPSA) is 34.9 Å². The van der Waals surface area contributed by atoms with Crippen LogP contribution in [0.3, 0.4) is 0 Å². The minimum Gasteiger partial charge on any atom is -0.331 e. The Morgan fingerprint density at radius 3 is 2.83 bits per heavy atom. The zero-order valence-electron chi connectivity index (χ0n) is 10.5. The summed E-state index contributed by atoms with van der Waals surface area (Å²) in [5.41, 5.74) is 2.71. The van der Waals surface area contributed by atoms with E-state index in [1.165, 1.54) is 24.8 Å². The predicted octanol–water partition coefficient (Wildman–Crippen LogP) is 2.92. The van der Waals surface area contributed by atoms with Gasteiger partial charge in [0.15, 0.2) is 0 Å². The fourth-order valence-corrected chi connectivity index (χ4v) is 2.40. The second-order valence-corrected chi connectivity index (χ2v) is 4.97. The molecule has 1 saturated carbocycles. The van der Waals surface area contributed by atoms with Crippen LogP contribution in [0.1, 0.15) is 46.8 Å². The molecule has 0 spiro atoms.